The maximum atomic E-state index is 16.6. The Balaban J connectivity index is 0.787. The van der Waals surface area contributed by atoms with Gasteiger partial charge in [0.1, 0.15) is 43.1 Å². The predicted octanol–water partition coefficient (Wildman–Crippen LogP) is 15.1. The maximum Gasteiger partial charge on any atom is 0.410 e. The van der Waals surface area contributed by atoms with E-state index in [0.717, 1.165) is 123 Å². The Morgan fingerprint density at radius 3 is 1.61 bits per heavy atom. The summed E-state index contributed by atoms with van der Waals surface area (Å²) in [7, 11) is 3.33. The number of rotatable bonds is 20. The Kier molecular flexibility index (Phi) is 28.4. The first-order chi connectivity index (χ1) is 63.5. The molecule has 0 aliphatic carbocycles. The molecule has 714 valence electrons. The first kappa shape index (κ1) is 96.1. The smallest absolute Gasteiger partial charge is 0.410 e. The number of aromatic nitrogens is 4. The normalized spacial score (nSPS) is 24.3. The number of benzene rings is 4. The number of nitrogens with one attached hydrogen (secondary N) is 5. The molecule has 133 heavy (non-hydrogen) atoms. The van der Waals surface area contributed by atoms with Gasteiger partial charge in [0, 0.05) is 148 Å². The molecule has 5 amide bonds. The summed E-state index contributed by atoms with van der Waals surface area (Å²) < 4.78 is 67.6. The van der Waals surface area contributed by atoms with Crippen molar-refractivity contribution in [3.05, 3.63) is 154 Å². The molecule has 26 nitrogen and oxygen atoms in total. The van der Waals surface area contributed by atoms with Gasteiger partial charge in [0.05, 0.1) is 60.3 Å². The van der Waals surface area contributed by atoms with E-state index in [4.69, 9.17) is 33.7 Å². The fourth-order valence-corrected chi connectivity index (χ4v) is 22.6. The van der Waals surface area contributed by atoms with Gasteiger partial charge in [-0.1, -0.05) is 91.8 Å². The van der Waals surface area contributed by atoms with Crippen molar-refractivity contribution in [1.29, 1.82) is 0 Å². The number of nitrogens with zero attached hydrogens (tertiary/aromatic N) is 9. The number of likely N-dealkylation sites (tertiary alicyclic amines) is 3. The van der Waals surface area contributed by atoms with Gasteiger partial charge in [-0.2, -0.15) is 0 Å². The molecule has 12 bridgehead atoms. The lowest BCUT2D eigenvalue weighted by atomic mass is 9.84. The molecule has 8 aromatic rings. The van der Waals surface area contributed by atoms with Crippen LogP contribution in [-0.4, -0.2) is 220 Å². The second kappa shape index (κ2) is 39.3. The van der Waals surface area contributed by atoms with Gasteiger partial charge in [0.15, 0.2) is 0 Å². The summed E-state index contributed by atoms with van der Waals surface area (Å²) in [6, 6.07) is 26.1. The lowest BCUT2D eigenvalue weighted by Gasteiger charge is -2.40. The van der Waals surface area contributed by atoms with Crippen LogP contribution in [0, 0.1) is 39.4 Å². The van der Waals surface area contributed by atoms with Crippen molar-refractivity contribution < 1.29 is 66.0 Å². The van der Waals surface area contributed by atoms with Crippen LogP contribution in [0.3, 0.4) is 0 Å². The van der Waals surface area contributed by atoms with Crippen LogP contribution in [0.2, 0.25) is 0 Å². The van der Waals surface area contributed by atoms with Gasteiger partial charge in [0.2, 0.25) is 11.8 Å². The number of esters is 2. The van der Waals surface area contributed by atoms with Gasteiger partial charge in [-0.05, 0) is 265 Å². The standard InChI is InChI=1S/C105H138F2N14O12/c1-17-118-86-26-24-72-50-78(86)80(92(118)76-21-18-33-109-88(76)65(6)129-15)52-102(11,12)62-132-99(127)85-47-67(56-121(114-85)97(125)84(49-69-42-71(55-107)45-74(72)44-69)112-94(122)90(63(2)3)115-38-30-104(58-115)29-35-108-57-104)28-37-119-87-27-25-73-51-79(87)81(93(119)77-22-19-34-110-89(77)66(7)130-16)53-103(13,14)61-131-98(126)82-23-20-36-120(113-82)96(124)83(48-68-41-70(54-106)46-75(73)43-68)111-95(123)91(64(4)5)116-39-31-105(59-116)32-40-117(60-105)100(128)133-101(8,9)10/h18-19,21-22,24-27,33-34,41-46,50-51,63-67,82-85,90-91,108,113-114H,17,20,23,28-32,35-40,47-49,52-62H2,1-16H3,(H,111,123)(H,112,122)/t65-,66-,67?,82-,83-,84-,85-,90-,91-,104-,105-/m0/s1. The Hall–Kier alpha value is -10.1. The van der Waals surface area contributed by atoms with Gasteiger partial charge >= 0.3 is 18.0 Å². The molecule has 2 spiro atoms. The van der Waals surface area contributed by atoms with Gasteiger partial charge in [-0.3, -0.25) is 58.6 Å². The summed E-state index contributed by atoms with van der Waals surface area (Å²) >= 11 is 0. The van der Waals surface area contributed by atoms with E-state index in [1.165, 1.54) is 10.0 Å². The van der Waals surface area contributed by atoms with Crippen molar-refractivity contribution >= 4 is 63.5 Å². The predicted molar refractivity (Wildman–Crippen MR) is 509 cm³/mol. The monoisotopic (exact) mass is 1830 g/mol. The lowest BCUT2D eigenvalue weighted by Crippen LogP contribution is -2.63. The number of ether oxygens (including phenoxy) is 5. The molecule has 5 N–H and O–H groups in total. The minimum atomic E-state index is -1.23. The molecule has 8 aliphatic heterocycles. The fraction of sp³-hybridized carbons (Fsp3) is 0.571. The first-order valence-corrected chi connectivity index (χ1v) is 48.4. The van der Waals surface area contributed by atoms with Crippen molar-refractivity contribution in [2.24, 2.45) is 39.4 Å². The summed E-state index contributed by atoms with van der Waals surface area (Å²) in [5, 5.41) is 14.9. The van der Waals surface area contributed by atoms with Crippen molar-refractivity contribution in [1.82, 2.24) is 70.6 Å². The molecule has 0 radical (unpaired) electrons. The highest BCUT2D eigenvalue weighted by molar-refractivity contribution is 5.98. The molecular formula is C105H138F2N14O12. The number of halogens is 2. The van der Waals surface area contributed by atoms with Crippen LogP contribution < -0.4 is 26.8 Å². The van der Waals surface area contributed by atoms with Gasteiger partial charge in [-0.25, -0.2) is 24.4 Å². The number of aryl methyl sites for hydroxylation is 2. The number of alkyl halides is 2. The highest BCUT2D eigenvalue weighted by Gasteiger charge is 2.51. The fourth-order valence-electron chi connectivity index (χ4n) is 22.6. The molecule has 8 aliphatic rings. The van der Waals surface area contributed by atoms with Crippen LogP contribution >= 0.6 is 0 Å². The second-order valence-electron chi connectivity index (χ2n) is 42.6. The highest BCUT2D eigenvalue weighted by atomic mass is 19.1. The Morgan fingerprint density at radius 2 is 1.10 bits per heavy atom. The molecule has 1 unspecified atom stereocenters. The number of pyridine rings is 2. The number of hydrazine groups is 2. The molecule has 6 saturated heterocycles. The Labute approximate surface area is 781 Å². The number of methoxy groups -OCH3 is 2. The van der Waals surface area contributed by atoms with Crippen LogP contribution in [0.5, 0.6) is 0 Å². The van der Waals surface area contributed by atoms with Crippen molar-refractivity contribution in [3.8, 4) is 44.8 Å². The Morgan fingerprint density at radius 1 is 0.594 bits per heavy atom. The van der Waals surface area contributed by atoms with Crippen LogP contribution in [-0.2, 0) is 105 Å². The molecule has 4 aromatic heterocycles. The average molecular weight is 1830 g/mol. The summed E-state index contributed by atoms with van der Waals surface area (Å²) in [6.07, 6.45) is 7.92. The van der Waals surface area contributed by atoms with Crippen LogP contribution in [0.1, 0.15) is 205 Å². The lowest BCUT2D eigenvalue weighted by molar-refractivity contribution is -0.157. The molecule has 0 saturated carbocycles. The molecule has 12 heterocycles. The highest BCUT2D eigenvalue weighted by Crippen LogP contribution is 2.48. The molecule has 4 aromatic carbocycles. The average Bonchev–Trinajstić information content (AvgIpc) is 1.60. The SMILES string of the molecule is CCn1c(-c2cccnc2[C@H](C)OC)c2c3cc(ccc31)-c1cc(CF)cc(c1)C[C@H](NC(=O)[C@H](C(C)C)N1CC[C@]3(CCNC3)C1)C(=O)N1CC(CCn3c(-c4cccnc4[C@H](C)OC)c4c5cc(ccc53)-c3cc(CF)cc(c3)C[C@H](NC(=O)[C@H](C(C)C)N3CC[C@]5(CCN(C(=O)OC(C)(C)C)C5)C3)C(=O)N3CCC[C@H](N3)C(=O)OCC(C)(C)C4)C[C@H](N1)C(=O)OCC(C)(C)C2. The van der Waals surface area contributed by atoms with E-state index >= 15 is 32.8 Å². The quantitative estimate of drug-likeness (QED) is 0.0350. The number of cyclic esters (lactones) is 2. The van der Waals surface area contributed by atoms with Crippen LogP contribution in [0.15, 0.2) is 109 Å². The maximum absolute atomic E-state index is 16.6. The second-order valence-corrected chi connectivity index (χ2v) is 42.6. The van der Waals surface area contributed by atoms with Gasteiger partial charge in [0.25, 0.3) is 11.8 Å². The van der Waals surface area contributed by atoms with E-state index in [2.05, 4.69) is 117 Å². The van der Waals surface area contributed by atoms with Crippen molar-refractivity contribution in [3.63, 3.8) is 0 Å². The number of carbonyl (C=O) groups excluding carboxylic acids is 7. The van der Waals surface area contributed by atoms with Gasteiger partial charge < -0.3 is 53.7 Å². The van der Waals surface area contributed by atoms with Crippen LogP contribution in [0.25, 0.3) is 66.6 Å². The molecule has 11 atom stereocenters. The minimum absolute atomic E-state index is 0.0135. The van der Waals surface area contributed by atoms with E-state index in [1.807, 2.05) is 111 Å². The number of hydrogen-bond acceptors (Lipinski definition) is 19. The molecule has 6 fully saturated rings. The minimum Gasteiger partial charge on any atom is -0.464 e. The first-order valence-electron chi connectivity index (χ1n) is 48.4. The summed E-state index contributed by atoms with van der Waals surface area (Å²) in [5.41, 5.74) is 17.9. The summed E-state index contributed by atoms with van der Waals surface area (Å²) in [5.74, 6) is -3.45. The van der Waals surface area contributed by atoms with E-state index in [1.54, 1.807) is 43.6 Å². The third-order valence-electron chi connectivity index (χ3n) is 29.3. The Bertz CT molecular complexity index is 5680. The largest absolute Gasteiger partial charge is 0.464 e. The van der Waals surface area contributed by atoms with Crippen molar-refractivity contribution in [2.45, 2.75) is 254 Å². The zero-order valence-electron chi connectivity index (χ0n) is 80.7. The summed E-state index contributed by atoms with van der Waals surface area (Å²) in [4.78, 5) is 124. The van der Waals surface area contributed by atoms with Gasteiger partial charge in [-0.15, -0.1) is 0 Å². The molecule has 16 rings (SSSR count). The van der Waals surface area contributed by atoms with Crippen molar-refractivity contribution in [2.75, 3.05) is 92.9 Å². The number of amides is 5. The van der Waals surface area contributed by atoms with Crippen LogP contribution in [0.4, 0.5) is 13.6 Å². The topological polar surface area (TPSA) is 278 Å². The zero-order chi connectivity index (χ0) is 94.5. The van der Waals surface area contributed by atoms with E-state index < -0.39 is 102 Å². The molecular weight excluding hydrogens is 1690 g/mol. The van der Waals surface area contributed by atoms with E-state index in [9.17, 15) is 9.59 Å². The molecule has 28 heteroatoms. The number of carbonyl (C=O) groups is 7. The third-order valence-corrected chi connectivity index (χ3v) is 29.3. The van der Waals surface area contributed by atoms with E-state index in [-0.39, 0.29) is 92.2 Å². The number of hydrogen-bond donors (Lipinski definition) is 5. The zero-order valence-corrected chi connectivity index (χ0v) is 80.7. The third kappa shape index (κ3) is 20.6. The number of fused-ring (bicyclic) bond motifs is 12. The summed E-state index contributed by atoms with van der Waals surface area (Å²) in [6.45, 7) is 33.0. The van der Waals surface area contributed by atoms with E-state index in [0.29, 0.717) is 111 Å².